The first kappa shape index (κ1) is 15.2. The summed E-state index contributed by atoms with van der Waals surface area (Å²) in [5.74, 6) is -1.37. The Labute approximate surface area is 126 Å². The molecule has 0 atom stereocenters. The smallest absolute Gasteiger partial charge is 0.348 e. The summed E-state index contributed by atoms with van der Waals surface area (Å²) < 4.78 is 5.01. The highest BCUT2D eigenvalue weighted by atomic mass is 32.1. The predicted octanol–water partition coefficient (Wildman–Crippen LogP) is 3.15. The Bertz CT molecular complexity index is 661. The third-order valence-corrected chi connectivity index (χ3v) is 4.02. The fourth-order valence-corrected chi connectivity index (χ4v) is 2.70. The molecule has 5 nitrogen and oxygen atoms in total. The molecule has 0 unspecified atom stereocenters. The highest BCUT2D eigenvalue weighted by molar-refractivity contribution is 7.12. The van der Waals surface area contributed by atoms with E-state index in [0.29, 0.717) is 17.9 Å². The molecule has 1 heterocycles. The lowest BCUT2D eigenvalue weighted by atomic mass is 10.1. The second-order valence-electron chi connectivity index (χ2n) is 4.51. The molecule has 0 fully saturated rings. The Morgan fingerprint density at radius 3 is 2.52 bits per heavy atom. The molecular formula is C15H15NO4S. The minimum Gasteiger partial charge on any atom is -0.477 e. The summed E-state index contributed by atoms with van der Waals surface area (Å²) in [6, 6.07) is 6.98. The maximum absolute atomic E-state index is 12.2. The number of anilines is 1. The molecular weight excluding hydrogens is 290 g/mol. The van der Waals surface area contributed by atoms with Crippen molar-refractivity contribution in [1.29, 1.82) is 0 Å². The van der Waals surface area contributed by atoms with E-state index in [2.05, 4.69) is 5.32 Å². The molecule has 0 aliphatic carbocycles. The first-order chi connectivity index (χ1) is 10.0. The number of thiophene rings is 1. The summed E-state index contributed by atoms with van der Waals surface area (Å²) in [4.78, 5) is 23.4. The molecule has 21 heavy (non-hydrogen) atoms. The number of hydrogen-bond acceptors (Lipinski definition) is 4. The number of carbonyl (C=O) groups is 2. The third kappa shape index (κ3) is 3.48. The maximum atomic E-state index is 12.2. The van der Waals surface area contributed by atoms with Crippen molar-refractivity contribution in [2.45, 2.75) is 13.5 Å². The molecule has 1 aromatic carbocycles. The molecule has 0 radical (unpaired) electrons. The van der Waals surface area contributed by atoms with Crippen LogP contribution < -0.4 is 5.32 Å². The number of carbonyl (C=O) groups excluding carboxylic acids is 1. The van der Waals surface area contributed by atoms with Crippen LogP contribution in [-0.2, 0) is 11.3 Å². The lowest BCUT2D eigenvalue weighted by Crippen LogP contribution is -2.14. The lowest BCUT2D eigenvalue weighted by Gasteiger charge is -2.07. The Balaban J connectivity index is 2.18. The van der Waals surface area contributed by atoms with Crippen molar-refractivity contribution < 1.29 is 19.4 Å². The Morgan fingerprint density at radius 2 is 1.95 bits per heavy atom. The van der Waals surface area contributed by atoms with Crippen molar-refractivity contribution >= 4 is 28.9 Å². The molecule has 2 aromatic rings. The number of hydrogen-bond donors (Lipinski definition) is 2. The highest BCUT2D eigenvalue weighted by Gasteiger charge is 2.17. The molecule has 0 bridgehead atoms. The van der Waals surface area contributed by atoms with Gasteiger partial charge in [0.05, 0.1) is 12.3 Å². The molecule has 110 valence electrons. The molecule has 0 saturated heterocycles. The van der Waals surface area contributed by atoms with E-state index in [1.165, 1.54) is 0 Å². The van der Waals surface area contributed by atoms with E-state index < -0.39 is 5.97 Å². The number of carboxylic acids is 1. The van der Waals surface area contributed by atoms with Crippen molar-refractivity contribution in [3.05, 3.63) is 51.2 Å². The fourth-order valence-electron chi connectivity index (χ4n) is 1.86. The predicted molar refractivity (Wildman–Crippen MR) is 81.1 cm³/mol. The summed E-state index contributed by atoms with van der Waals surface area (Å²) in [6.07, 6.45) is 0. The topological polar surface area (TPSA) is 75.6 Å². The van der Waals surface area contributed by atoms with Crippen LogP contribution in [0.4, 0.5) is 5.69 Å². The van der Waals surface area contributed by atoms with E-state index in [-0.39, 0.29) is 10.8 Å². The van der Waals surface area contributed by atoms with Gasteiger partial charge in [0.25, 0.3) is 5.91 Å². The van der Waals surface area contributed by atoms with Crippen LogP contribution in [0.25, 0.3) is 0 Å². The van der Waals surface area contributed by atoms with Crippen molar-refractivity contribution in [2.75, 3.05) is 12.4 Å². The van der Waals surface area contributed by atoms with Gasteiger partial charge in [-0.25, -0.2) is 4.79 Å². The van der Waals surface area contributed by atoms with Gasteiger partial charge in [-0.05, 0) is 35.6 Å². The number of carboxylic acid groups (broad SMARTS) is 1. The van der Waals surface area contributed by atoms with E-state index >= 15 is 0 Å². The van der Waals surface area contributed by atoms with Crippen molar-refractivity contribution in [2.24, 2.45) is 0 Å². The second-order valence-corrected chi connectivity index (χ2v) is 5.39. The molecule has 0 spiro atoms. The minimum absolute atomic E-state index is 0.136. The number of benzene rings is 1. The minimum atomic E-state index is -1.04. The number of methoxy groups -OCH3 is 1. The largest absolute Gasteiger partial charge is 0.477 e. The van der Waals surface area contributed by atoms with Gasteiger partial charge in [-0.2, -0.15) is 0 Å². The van der Waals surface area contributed by atoms with Gasteiger partial charge in [-0.3, -0.25) is 4.79 Å². The summed E-state index contributed by atoms with van der Waals surface area (Å²) in [5, 5.41) is 13.5. The molecule has 0 aliphatic heterocycles. The molecule has 2 rings (SSSR count). The molecule has 1 amide bonds. The van der Waals surface area contributed by atoms with Crippen LogP contribution in [0.15, 0.2) is 29.6 Å². The van der Waals surface area contributed by atoms with Gasteiger partial charge in [0, 0.05) is 12.7 Å². The van der Waals surface area contributed by atoms with Gasteiger partial charge >= 0.3 is 5.97 Å². The molecule has 1 aromatic heterocycles. The summed E-state index contributed by atoms with van der Waals surface area (Å²) in [7, 11) is 1.60. The van der Waals surface area contributed by atoms with Gasteiger partial charge in [0.15, 0.2) is 0 Å². The second kappa shape index (κ2) is 6.51. The summed E-state index contributed by atoms with van der Waals surface area (Å²) in [5.41, 5.74) is 2.53. The maximum Gasteiger partial charge on any atom is 0.348 e. The zero-order valence-corrected chi connectivity index (χ0v) is 12.5. The van der Waals surface area contributed by atoms with Crippen molar-refractivity contribution in [3.8, 4) is 0 Å². The lowest BCUT2D eigenvalue weighted by molar-refractivity contribution is 0.0703. The van der Waals surface area contributed by atoms with E-state index in [1.807, 2.05) is 0 Å². The van der Waals surface area contributed by atoms with Crippen LogP contribution in [-0.4, -0.2) is 24.1 Å². The number of aromatic carboxylic acids is 1. The number of rotatable bonds is 5. The van der Waals surface area contributed by atoms with E-state index in [1.54, 1.807) is 43.7 Å². The molecule has 0 saturated carbocycles. The average Bonchev–Trinajstić information content (AvgIpc) is 2.81. The fraction of sp³-hybridized carbons (Fsp3) is 0.200. The zero-order valence-electron chi connectivity index (χ0n) is 11.7. The van der Waals surface area contributed by atoms with E-state index in [0.717, 1.165) is 22.5 Å². The van der Waals surface area contributed by atoms with Crippen LogP contribution in [0, 0.1) is 6.92 Å². The van der Waals surface area contributed by atoms with Crippen LogP contribution in [0.2, 0.25) is 0 Å². The number of nitrogens with one attached hydrogen (secondary N) is 1. The van der Waals surface area contributed by atoms with Gasteiger partial charge < -0.3 is 15.2 Å². The van der Waals surface area contributed by atoms with E-state index in [4.69, 9.17) is 9.84 Å². The number of ether oxygens (including phenoxy) is 1. The van der Waals surface area contributed by atoms with Gasteiger partial charge in [0.1, 0.15) is 4.88 Å². The zero-order chi connectivity index (χ0) is 15.4. The molecule has 0 aliphatic rings. The van der Waals surface area contributed by atoms with Crippen molar-refractivity contribution in [1.82, 2.24) is 0 Å². The quantitative estimate of drug-likeness (QED) is 0.889. The van der Waals surface area contributed by atoms with Gasteiger partial charge in [-0.1, -0.05) is 12.1 Å². The van der Waals surface area contributed by atoms with Crippen LogP contribution in [0.3, 0.4) is 0 Å². The van der Waals surface area contributed by atoms with Crippen molar-refractivity contribution in [3.63, 3.8) is 0 Å². The molecule has 6 heteroatoms. The van der Waals surface area contributed by atoms with Crippen LogP contribution >= 0.6 is 11.3 Å². The number of aryl methyl sites for hydroxylation is 1. The monoisotopic (exact) mass is 305 g/mol. The SMILES string of the molecule is COCc1ccc(C(=O)Nc2c(C)csc2C(=O)O)cc1. The van der Waals surface area contributed by atoms with E-state index in [9.17, 15) is 9.59 Å². The molecule has 2 N–H and O–H groups in total. The Morgan fingerprint density at radius 1 is 1.29 bits per heavy atom. The van der Waals surface area contributed by atoms with Gasteiger partial charge in [-0.15, -0.1) is 11.3 Å². The summed E-state index contributed by atoms with van der Waals surface area (Å²) >= 11 is 1.10. The van der Waals surface area contributed by atoms with Crippen LogP contribution in [0.5, 0.6) is 0 Å². The summed E-state index contributed by atoms with van der Waals surface area (Å²) in [6.45, 7) is 2.24. The standard InChI is InChI=1S/C15H15NO4S/c1-9-8-21-13(15(18)19)12(9)16-14(17)11-5-3-10(4-6-11)7-20-2/h3-6,8H,7H2,1-2H3,(H,16,17)(H,18,19). The number of amides is 1. The Kier molecular flexibility index (Phi) is 4.72. The average molecular weight is 305 g/mol. The first-order valence-electron chi connectivity index (χ1n) is 6.23. The highest BCUT2D eigenvalue weighted by Crippen LogP contribution is 2.28. The Hall–Kier alpha value is -2.18. The third-order valence-electron chi connectivity index (χ3n) is 2.93. The van der Waals surface area contributed by atoms with Gasteiger partial charge in [0.2, 0.25) is 0 Å². The first-order valence-corrected chi connectivity index (χ1v) is 7.11. The normalized spacial score (nSPS) is 10.4. The van der Waals surface area contributed by atoms with Crippen LogP contribution in [0.1, 0.15) is 31.2 Å².